The lowest BCUT2D eigenvalue weighted by atomic mass is 10.1. The Kier molecular flexibility index (Phi) is 3.26. The van der Waals surface area contributed by atoms with E-state index in [0.717, 1.165) is 11.3 Å². The maximum atomic E-state index is 10.8. The molecule has 0 unspecified atom stereocenters. The van der Waals surface area contributed by atoms with Gasteiger partial charge in [-0.2, -0.15) is 0 Å². The molecule has 0 saturated heterocycles. The Bertz CT molecular complexity index is 329. The molecule has 0 saturated carbocycles. The molecule has 1 aromatic rings. The summed E-state index contributed by atoms with van der Waals surface area (Å²) in [5.74, 6) is -0.0445. The van der Waals surface area contributed by atoms with E-state index in [1.807, 2.05) is 43.3 Å². The molecule has 0 aliphatic carbocycles. The number of benzene rings is 1. The number of carbonyl (C=O) groups is 1. The van der Waals surface area contributed by atoms with Gasteiger partial charge in [0.25, 0.3) is 0 Å². The van der Waals surface area contributed by atoms with E-state index in [4.69, 9.17) is 0 Å². The standard InChI is InChI=1S/C11H13NO/c1-3-6-10-7-4-5-8-11(10)12-9(2)13/h3-8H,1-2H3,(H,12,13). The van der Waals surface area contributed by atoms with Gasteiger partial charge in [0.15, 0.2) is 0 Å². The lowest BCUT2D eigenvalue weighted by Crippen LogP contribution is -2.06. The van der Waals surface area contributed by atoms with Crippen LogP contribution >= 0.6 is 0 Å². The number of carbonyl (C=O) groups excluding carboxylic acids is 1. The summed E-state index contributed by atoms with van der Waals surface area (Å²) in [5.41, 5.74) is 1.88. The van der Waals surface area contributed by atoms with E-state index in [2.05, 4.69) is 5.32 Å². The summed E-state index contributed by atoms with van der Waals surface area (Å²) in [7, 11) is 0. The summed E-state index contributed by atoms with van der Waals surface area (Å²) >= 11 is 0. The number of hydrogen-bond donors (Lipinski definition) is 1. The highest BCUT2D eigenvalue weighted by atomic mass is 16.1. The van der Waals surface area contributed by atoms with E-state index in [0.29, 0.717) is 0 Å². The summed E-state index contributed by atoms with van der Waals surface area (Å²) in [6.07, 6.45) is 3.91. The second-order valence-corrected chi connectivity index (χ2v) is 2.77. The Balaban J connectivity index is 2.97. The lowest BCUT2D eigenvalue weighted by molar-refractivity contribution is -0.114. The van der Waals surface area contributed by atoms with Gasteiger partial charge in [0.05, 0.1) is 0 Å². The minimum atomic E-state index is -0.0445. The van der Waals surface area contributed by atoms with Crippen LogP contribution in [0.1, 0.15) is 19.4 Å². The quantitative estimate of drug-likeness (QED) is 0.735. The van der Waals surface area contributed by atoms with Gasteiger partial charge in [-0.1, -0.05) is 30.4 Å². The van der Waals surface area contributed by atoms with Gasteiger partial charge < -0.3 is 5.32 Å². The number of allylic oxidation sites excluding steroid dienone is 1. The Morgan fingerprint density at radius 2 is 2.08 bits per heavy atom. The minimum Gasteiger partial charge on any atom is -0.326 e. The number of hydrogen-bond acceptors (Lipinski definition) is 1. The molecule has 0 aromatic heterocycles. The highest BCUT2D eigenvalue weighted by molar-refractivity contribution is 5.91. The second-order valence-electron chi connectivity index (χ2n) is 2.77. The molecule has 0 aliphatic rings. The lowest BCUT2D eigenvalue weighted by Gasteiger charge is -2.05. The predicted molar refractivity (Wildman–Crippen MR) is 55.5 cm³/mol. The van der Waals surface area contributed by atoms with Crippen LogP contribution in [0, 0.1) is 0 Å². The van der Waals surface area contributed by atoms with Crippen LogP contribution in [-0.2, 0) is 4.79 Å². The molecule has 0 bridgehead atoms. The molecule has 0 spiro atoms. The Morgan fingerprint density at radius 1 is 1.38 bits per heavy atom. The smallest absolute Gasteiger partial charge is 0.221 e. The zero-order valence-electron chi connectivity index (χ0n) is 7.87. The fourth-order valence-corrected chi connectivity index (χ4v) is 1.13. The molecular formula is C11H13NO. The van der Waals surface area contributed by atoms with Crippen LogP contribution in [0.15, 0.2) is 30.3 Å². The van der Waals surface area contributed by atoms with Crippen molar-refractivity contribution in [3.63, 3.8) is 0 Å². The highest BCUT2D eigenvalue weighted by Crippen LogP contribution is 2.16. The third kappa shape index (κ3) is 2.75. The SMILES string of the molecule is CC=Cc1ccccc1NC(C)=O. The molecule has 1 rings (SSSR count). The molecular weight excluding hydrogens is 162 g/mol. The summed E-state index contributed by atoms with van der Waals surface area (Å²) < 4.78 is 0. The molecule has 1 aromatic carbocycles. The van der Waals surface area contributed by atoms with Crippen molar-refractivity contribution in [2.24, 2.45) is 0 Å². The first-order valence-electron chi connectivity index (χ1n) is 4.23. The van der Waals surface area contributed by atoms with Gasteiger partial charge in [0.2, 0.25) is 5.91 Å². The zero-order chi connectivity index (χ0) is 9.68. The monoisotopic (exact) mass is 175 g/mol. The van der Waals surface area contributed by atoms with Crippen molar-refractivity contribution in [2.45, 2.75) is 13.8 Å². The Hall–Kier alpha value is -1.57. The van der Waals surface area contributed by atoms with Crippen molar-refractivity contribution in [1.82, 2.24) is 0 Å². The first kappa shape index (κ1) is 9.52. The number of amides is 1. The molecule has 0 radical (unpaired) electrons. The van der Waals surface area contributed by atoms with Crippen LogP contribution in [0.3, 0.4) is 0 Å². The van der Waals surface area contributed by atoms with Crippen molar-refractivity contribution in [1.29, 1.82) is 0 Å². The van der Waals surface area contributed by atoms with E-state index >= 15 is 0 Å². The first-order chi connectivity index (χ1) is 6.24. The van der Waals surface area contributed by atoms with Crippen molar-refractivity contribution in [2.75, 3.05) is 5.32 Å². The molecule has 0 atom stereocenters. The average molecular weight is 175 g/mol. The average Bonchev–Trinajstić information content (AvgIpc) is 2.08. The van der Waals surface area contributed by atoms with Gasteiger partial charge in [-0.05, 0) is 18.6 Å². The zero-order valence-corrected chi connectivity index (χ0v) is 7.87. The number of para-hydroxylation sites is 1. The van der Waals surface area contributed by atoms with Gasteiger partial charge >= 0.3 is 0 Å². The van der Waals surface area contributed by atoms with Crippen LogP contribution < -0.4 is 5.32 Å². The van der Waals surface area contributed by atoms with E-state index in [1.165, 1.54) is 6.92 Å². The first-order valence-corrected chi connectivity index (χ1v) is 4.23. The summed E-state index contributed by atoms with van der Waals surface area (Å²) in [4.78, 5) is 10.8. The number of anilines is 1. The van der Waals surface area contributed by atoms with Crippen LogP contribution in [-0.4, -0.2) is 5.91 Å². The summed E-state index contributed by atoms with van der Waals surface area (Å²) in [6, 6.07) is 7.70. The van der Waals surface area contributed by atoms with E-state index in [1.54, 1.807) is 0 Å². The molecule has 0 fully saturated rings. The topological polar surface area (TPSA) is 29.1 Å². The number of rotatable bonds is 2. The normalized spacial score (nSPS) is 10.3. The van der Waals surface area contributed by atoms with Gasteiger partial charge in [0, 0.05) is 12.6 Å². The van der Waals surface area contributed by atoms with Crippen molar-refractivity contribution < 1.29 is 4.79 Å². The second kappa shape index (κ2) is 4.45. The van der Waals surface area contributed by atoms with Gasteiger partial charge in [-0.3, -0.25) is 4.79 Å². The van der Waals surface area contributed by atoms with Crippen molar-refractivity contribution in [3.8, 4) is 0 Å². The molecule has 68 valence electrons. The summed E-state index contributed by atoms with van der Waals surface area (Å²) in [5, 5.41) is 2.77. The van der Waals surface area contributed by atoms with Crippen LogP contribution in [0.25, 0.3) is 6.08 Å². The summed E-state index contributed by atoms with van der Waals surface area (Å²) in [6.45, 7) is 3.46. The predicted octanol–water partition coefficient (Wildman–Crippen LogP) is 2.68. The third-order valence-electron chi connectivity index (χ3n) is 1.62. The van der Waals surface area contributed by atoms with E-state index in [9.17, 15) is 4.79 Å². The molecule has 0 heterocycles. The largest absolute Gasteiger partial charge is 0.326 e. The molecule has 1 amide bonds. The van der Waals surface area contributed by atoms with Crippen LogP contribution in [0.5, 0.6) is 0 Å². The van der Waals surface area contributed by atoms with Crippen LogP contribution in [0.2, 0.25) is 0 Å². The van der Waals surface area contributed by atoms with Gasteiger partial charge in [-0.15, -0.1) is 0 Å². The fraction of sp³-hybridized carbons (Fsp3) is 0.182. The van der Waals surface area contributed by atoms with E-state index in [-0.39, 0.29) is 5.91 Å². The Labute approximate surface area is 78.3 Å². The van der Waals surface area contributed by atoms with Gasteiger partial charge in [-0.25, -0.2) is 0 Å². The van der Waals surface area contributed by atoms with Crippen molar-refractivity contribution >= 4 is 17.7 Å². The fourth-order valence-electron chi connectivity index (χ4n) is 1.13. The minimum absolute atomic E-state index is 0.0445. The van der Waals surface area contributed by atoms with Crippen LogP contribution in [0.4, 0.5) is 5.69 Å². The van der Waals surface area contributed by atoms with Gasteiger partial charge in [0.1, 0.15) is 0 Å². The maximum Gasteiger partial charge on any atom is 0.221 e. The Morgan fingerprint density at radius 3 is 2.69 bits per heavy atom. The number of nitrogens with one attached hydrogen (secondary N) is 1. The van der Waals surface area contributed by atoms with Crippen molar-refractivity contribution in [3.05, 3.63) is 35.9 Å². The van der Waals surface area contributed by atoms with E-state index < -0.39 is 0 Å². The maximum absolute atomic E-state index is 10.8. The highest BCUT2D eigenvalue weighted by Gasteiger charge is 1.98. The molecule has 13 heavy (non-hydrogen) atoms. The molecule has 2 heteroatoms. The molecule has 0 aliphatic heterocycles. The molecule has 1 N–H and O–H groups in total. The molecule has 2 nitrogen and oxygen atoms in total. The third-order valence-corrected chi connectivity index (χ3v) is 1.62.